The minimum Gasteiger partial charge on any atom is -0.497 e. The van der Waals surface area contributed by atoms with Gasteiger partial charge in [0.15, 0.2) is 5.76 Å². The van der Waals surface area contributed by atoms with Crippen LogP contribution < -0.4 is 4.74 Å². The number of aliphatic hydroxyl groups is 1. The first kappa shape index (κ1) is 17.1. The minimum atomic E-state index is -1.93. The Morgan fingerprint density at radius 1 is 1.26 bits per heavy atom. The summed E-state index contributed by atoms with van der Waals surface area (Å²) >= 11 is 0. The lowest BCUT2D eigenvalue weighted by atomic mass is 9.90. The summed E-state index contributed by atoms with van der Waals surface area (Å²) in [5, 5.41) is 11.4. The molecule has 0 fully saturated rings. The number of pyridine rings is 1. The van der Waals surface area contributed by atoms with Gasteiger partial charge in [-0.15, -0.1) is 0 Å². The molecule has 0 amide bonds. The van der Waals surface area contributed by atoms with E-state index in [1.54, 1.807) is 49.8 Å². The summed E-state index contributed by atoms with van der Waals surface area (Å²) in [7, 11) is 1.55. The molecule has 0 saturated carbocycles. The summed E-state index contributed by atoms with van der Waals surface area (Å²) in [5.74, 6) is -1.74. The number of cyclic esters (lactones) is 1. The van der Waals surface area contributed by atoms with Crippen molar-refractivity contribution in [3.63, 3.8) is 0 Å². The fourth-order valence-corrected chi connectivity index (χ4v) is 3.13. The molecule has 0 saturated heterocycles. The molecular formula is C20H17NO6. The molecule has 2 aliphatic heterocycles. The number of methoxy groups -OCH3 is 1. The average molecular weight is 367 g/mol. The minimum absolute atomic E-state index is 0.00719. The van der Waals surface area contributed by atoms with Crippen molar-refractivity contribution in [3.8, 4) is 5.75 Å². The number of hydrogen-bond acceptors (Lipinski definition) is 7. The maximum Gasteiger partial charge on any atom is 0.345 e. The van der Waals surface area contributed by atoms with Crippen molar-refractivity contribution in [3.05, 3.63) is 83.1 Å². The van der Waals surface area contributed by atoms with Gasteiger partial charge in [0.05, 0.1) is 7.11 Å². The van der Waals surface area contributed by atoms with E-state index in [4.69, 9.17) is 18.9 Å². The highest BCUT2D eigenvalue weighted by Gasteiger charge is 2.49. The van der Waals surface area contributed by atoms with Crippen molar-refractivity contribution in [1.29, 1.82) is 0 Å². The fraction of sp³-hybridized carbons (Fsp3) is 0.200. The quantitative estimate of drug-likeness (QED) is 0.811. The monoisotopic (exact) mass is 367 g/mol. The Labute approximate surface area is 155 Å². The Balaban J connectivity index is 1.83. The molecule has 0 radical (unpaired) electrons. The zero-order valence-electron chi connectivity index (χ0n) is 14.5. The predicted molar refractivity (Wildman–Crippen MR) is 93.1 cm³/mol. The van der Waals surface area contributed by atoms with Crippen LogP contribution in [0.4, 0.5) is 0 Å². The number of carbonyl (C=O) groups is 1. The normalized spacial score (nSPS) is 21.4. The van der Waals surface area contributed by atoms with Gasteiger partial charge < -0.3 is 24.1 Å². The Morgan fingerprint density at radius 3 is 2.70 bits per heavy atom. The number of ether oxygens (including phenoxy) is 4. The molecule has 7 nitrogen and oxygen atoms in total. The molecule has 1 unspecified atom stereocenters. The predicted octanol–water partition coefficient (Wildman–Crippen LogP) is 2.18. The molecule has 0 aliphatic carbocycles. The van der Waals surface area contributed by atoms with Crippen LogP contribution in [0.2, 0.25) is 0 Å². The molecule has 1 aromatic heterocycles. The van der Waals surface area contributed by atoms with Gasteiger partial charge in [0.25, 0.3) is 5.79 Å². The molecule has 0 bridgehead atoms. The van der Waals surface area contributed by atoms with E-state index in [0.717, 1.165) is 5.56 Å². The van der Waals surface area contributed by atoms with Gasteiger partial charge in [-0.05, 0) is 35.9 Å². The molecule has 1 aromatic carbocycles. The van der Waals surface area contributed by atoms with E-state index in [0.29, 0.717) is 16.9 Å². The smallest absolute Gasteiger partial charge is 0.345 e. The van der Waals surface area contributed by atoms with Crippen molar-refractivity contribution < 1.29 is 28.8 Å². The second kappa shape index (κ2) is 6.77. The first-order valence-electron chi connectivity index (χ1n) is 8.29. The Kier molecular flexibility index (Phi) is 4.29. The highest BCUT2D eigenvalue weighted by atomic mass is 16.7. The van der Waals surface area contributed by atoms with Gasteiger partial charge in [-0.2, -0.15) is 0 Å². The standard InChI is InChI=1S/C20H17NO6/c1-24-15-6-4-14(5-7-15)20(23)16(9-13-3-2-8-21-10-13)18(19(22)27-20)17-11-25-12-26-17/h2-8,10-11,23H,9,12H2,1H3. The lowest BCUT2D eigenvalue weighted by molar-refractivity contribution is -0.186. The van der Waals surface area contributed by atoms with Crippen LogP contribution in [0.1, 0.15) is 11.1 Å². The largest absolute Gasteiger partial charge is 0.497 e. The van der Waals surface area contributed by atoms with Crippen molar-refractivity contribution >= 4 is 5.97 Å². The molecule has 0 spiro atoms. The lowest BCUT2D eigenvalue weighted by Crippen LogP contribution is -2.29. The summed E-state index contributed by atoms with van der Waals surface area (Å²) in [5.41, 5.74) is 1.75. The molecule has 27 heavy (non-hydrogen) atoms. The second-order valence-electron chi connectivity index (χ2n) is 6.06. The summed E-state index contributed by atoms with van der Waals surface area (Å²) in [6, 6.07) is 10.3. The van der Waals surface area contributed by atoms with Gasteiger partial charge in [0.2, 0.25) is 6.79 Å². The highest BCUT2D eigenvalue weighted by molar-refractivity contribution is 5.97. The van der Waals surface area contributed by atoms with Crippen molar-refractivity contribution in [2.45, 2.75) is 12.2 Å². The third-order valence-corrected chi connectivity index (χ3v) is 4.46. The van der Waals surface area contributed by atoms with Crippen LogP contribution in [0.5, 0.6) is 5.75 Å². The maximum absolute atomic E-state index is 12.6. The van der Waals surface area contributed by atoms with Gasteiger partial charge in [-0.3, -0.25) is 4.98 Å². The number of carbonyl (C=O) groups excluding carboxylic acids is 1. The van der Waals surface area contributed by atoms with Crippen LogP contribution in [0, 0.1) is 0 Å². The zero-order valence-corrected chi connectivity index (χ0v) is 14.5. The van der Waals surface area contributed by atoms with E-state index in [-0.39, 0.29) is 24.5 Å². The van der Waals surface area contributed by atoms with E-state index < -0.39 is 11.8 Å². The molecule has 138 valence electrons. The van der Waals surface area contributed by atoms with Crippen LogP contribution in [0.15, 0.2) is 72.0 Å². The molecule has 7 heteroatoms. The van der Waals surface area contributed by atoms with E-state index in [1.807, 2.05) is 6.07 Å². The van der Waals surface area contributed by atoms with E-state index in [9.17, 15) is 9.90 Å². The number of aromatic nitrogens is 1. The average Bonchev–Trinajstić information content (AvgIpc) is 3.30. The molecule has 2 aromatic rings. The van der Waals surface area contributed by atoms with Gasteiger partial charge in [0, 0.05) is 30.0 Å². The van der Waals surface area contributed by atoms with Gasteiger partial charge in [0.1, 0.15) is 17.6 Å². The van der Waals surface area contributed by atoms with Crippen LogP contribution in [0.25, 0.3) is 0 Å². The van der Waals surface area contributed by atoms with Crippen LogP contribution in [-0.4, -0.2) is 30.0 Å². The van der Waals surface area contributed by atoms with Crippen molar-refractivity contribution in [2.75, 3.05) is 13.9 Å². The molecule has 4 rings (SSSR count). The number of benzene rings is 1. The summed E-state index contributed by atoms with van der Waals surface area (Å²) in [6.45, 7) is 0.00719. The van der Waals surface area contributed by atoms with Crippen LogP contribution in [0.3, 0.4) is 0 Å². The highest BCUT2D eigenvalue weighted by Crippen LogP contribution is 2.44. The summed E-state index contributed by atoms with van der Waals surface area (Å²) in [4.78, 5) is 16.7. The van der Waals surface area contributed by atoms with Crippen molar-refractivity contribution in [2.24, 2.45) is 0 Å². The zero-order chi connectivity index (χ0) is 18.9. The maximum atomic E-state index is 12.6. The molecule has 3 heterocycles. The Morgan fingerprint density at radius 2 is 2.07 bits per heavy atom. The van der Waals surface area contributed by atoms with Crippen LogP contribution in [-0.2, 0) is 31.2 Å². The summed E-state index contributed by atoms with van der Waals surface area (Å²) < 4.78 is 21.0. The van der Waals surface area contributed by atoms with E-state index in [1.165, 1.54) is 6.26 Å². The number of hydrogen-bond donors (Lipinski definition) is 1. The number of nitrogens with zero attached hydrogens (tertiary/aromatic N) is 1. The van der Waals surface area contributed by atoms with E-state index in [2.05, 4.69) is 4.98 Å². The third-order valence-electron chi connectivity index (χ3n) is 4.46. The Bertz CT molecular complexity index is 919. The van der Waals surface area contributed by atoms with E-state index >= 15 is 0 Å². The van der Waals surface area contributed by atoms with Gasteiger partial charge >= 0.3 is 5.97 Å². The van der Waals surface area contributed by atoms with Gasteiger partial charge in [-0.1, -0.05) is 6.07 Å². The SMILES string of the molecule is COc1ccc(C2(O)OC(=O)C(C3=COCO3)=C2Cc2cccnc2)cc1. The first-order valence-corrected chi connectivity index (χ1v) is 8.29. The first-order chi connectivity index (χ1) is 13.1. The number of esters is 1. The molecule has 1 N–H and O–H groups in total. The molecule has 2 aliphatic rings. The topological polar surface area (TPSA) is 87.1 Å². The summed E-state index contributed by atoms with van der Waals surface area (Å²) in [6.07, 6.45) is 4.92. The van der Waals surface area contributed by atoms with Crippen molar-refractivity contribution in [1.82, 2.24) is 4.98 Å². The third kappa shape index (κ3) is 3.02. The number of rotatable bonds is 5. The molecule has 1 atom stereocenters. The fourth-order valence-electron chi connectivity index (χ4n) is 3.13. The lowest BCUT2D eigenvalue weighted by Gasteiger charge is -2.25. The molecular weight excluding hydrogens is 350 g/mol. The van der Waals surface area contributed by atoms with Crippen LogP contribution >= 0.6 is 0 Å². The van der Waals surface area contributed by atoms with Gasteiger partial charge in [-0.25, -0.2) is 4.79 Å². The second-order valence-corrected chi connectivity index (χ2v) is 6.06. The Hall–Kier alpha value is -3.32.